The van der Waals surface area contributed by atoms with E-state index < -0.39 is 0 Å². The van der Waals surface area contributed by atoms with Crippen molar-refractivity contribution in [1.29, 1.82) is 0 Å². The molecule has 1 aromatic heterocycles. The van der Waals surface area contributed by atoms with E-state index in [9.17, 15) is 5.11 Å². The summed E-state index contributed by atoms with van der Waals surface area (Å²) < 4.78 is 2.03. The van der Waals surface area contributed by atoms with Crippen molar-refractivity contribution in [1.82, 2.24) is 0 Å². The molecule has 1 heterocycles. The minimum absolute atomic E-state index is 0.297. The maximum Gasteiger partial charge on any atom is 0.118 e. The third kappa shape index (κ3) is 1.30. The van der Waals surface area contributed by atoms with Crippen LogP contribution in [0.15, 0.2) is 17.5 Å². The summed E-state index contributed by atoms with van der Waals surface area (Å²) in [5.74, 6) is 0.297. The van der Waals surface area contributed by atoms with Gasteiger partial charge in [0.25, 0.3) is 0 Å². The molecule has 2 rings (SSSR count). The lowest BCUT2D eigenvalue weighted by molar-refractivity contribution is 0.476. The zero-order valence-electron chi connectivity index (χ0n) is 5.84. The lowest BCUT2D eigenvalue weighted by atomic mass is 10.2. The highest BCUT2D eigenvalue weighted by Gasteiger charge is 2.06. The summed E-state index contributed by atoms with van der Waals surface area (Å²) in [7, 11) is 0. The van der Waals surface area contributed by atoms with E-state index in [0.29, 0.717) is 5.75 Å². The van der Waals surface area contributed by atoms with Gasteiger partial charge in [0.1, 0.15) is 5.75 Å². The summed E-state index contributed by atoms with van der Waals surface area (Å²) in [5.41, 5.74) is 0. The highest BCUT2D eigenvalue weighted by molar-refractivity contribution is 14.1. The largest absolute Gasteiger partial charge is 0.508 e. The molecule has 0 aliphatic carbocycles. The average molecular weight is 311 g/mol. The van der Waals surface area contributed by atoms with Crippen molar-refractivity contribution in [2.45, 2.75) is 0 Å². The Balaban J connectivity index is 2.93. The molecule has 62 valence electrons. The van der Waals surface area contributed by atoms with Crippen LogP contribution in [0, 0.1) is 3.57 Å². The van der Waals surface area contributed by atoms with Crippen LogP contribution < -0.4 is 0 Å². The topological polar surface area (TPSA) is 20.2 Å². The van der Waals surface area contributed by atoms with Gasteiger partial charge in [0.15, 0.2) is 0 Å². The zero-order valence-corrected chi connectivity index (χ0v) is 9.57. The predicted octanol–water partition coefficient (Wildman–Crippen LogP) is 3.86. The monoisotopic (exact) mass is 310 g/mol. The van der Waals surface area contributed by atoms with Crippen LogP contribution in [0.1, 0.15) is 0 Å². The summed E-state index contributed by atoms with van der Waals surface area (Å²) in [4.78, 5) is 0. The van der Waals surface area contributed by atoms with E-state index in [-0.39, 0.29) is 0 Å². The molecule has 12 heavy (non-hydrogen) atoms. The standard InChI is InChI=1S/C8H4ClIOS/c9-5-3-12-7-2-4(11)1-6(10)8(5)7/h1-3,11H. The number of rotatable bonds is 0. The maximum atomic E-state index is 9.28. The third-order valence-corrected chi connectivity index (χ3v) is 3.77. The number of benzene rings is 1. The Hall–Kier alpha value is -0.000000000000000111. The van der Waals surface area contributed by atoms with Crippen LogP contribution >= 0.6 is 45.5 Å². The summed E-state index contributed by atoms with van der Waals surface area (Å²) in [6, 6.07) is 3.44. The summed E-state index contributed by atoms with van der Waals surface area (Å²) in [6.07, 6.45) is 0. The summed E-state index contributed by atoms with van der Waals surface area (Å²) in [5, 5.41) is 13.0. The molecule has 0 radical (unpaired) electrons. The van der Waals surface area contributed by atoms with E-state index in [1.54, 1.807) is 23.5 Å². The van der Waals surface area contributed by atoms with Crippen molar-refractivity contribution < 1.29 is 5.11 Å². The van der Waals surface area contributed by atoms with Crippen LogP contribution in [-0.4, -0.2) is 5.11 Å². The highest BCUT2D eigenvalue weighted by Crippen LogP contribution is 2.35. The number of hydrogen-bond donors (Lipinski definition) is 1. The van der Waals surface area contributed by atoms with E-state index in [4.69, 9.17) is 11.6 Å². The Morgan fingerprint density at radius 1 is 1.42 bits per heavy atom. The lowest BCUT2D eigenvalue weighted by Gasteiger charge is -1.96. The second kappa shape index (κ2) is 3.05. The van der Waals surface area contributed by atoms with Crippen molar-refractivity contribution in [3.8, 4) is 5.75 Å². The van der Waals surface area contributed by atoms with E-state index in [1.807, 2.05) is 5.38 Å². The maximum absolute atomic E-state index is 9.28. The first-order valence-corrected chi connectivity index (χ1v) is 5.57. The van der Waals surface area contributed by atoms with Gasteiger partial charge in [-0.1, -0.05) is 11.6 Å². The zero-order chi connectivity index (χ0) is 8.72. The highest BCUT2D eigenvalue weighted by atomic mass is 127. The Kier molecular flexibility index (Phi) is 2.18. The Bertz CT molecular complexity index is 438. The SMILES string of the molecule is Oc1cc(I)c2c(Cl)csc2c1. The molecule has 0 aliphatic heterocycles. The number of phenolic OH excluding ortho intramolecular Hbond substituents is 1. The normalized spacial score (nSPS) is 10.8. The minimum atomic E-state index is 0.297. The molecule has 0 amide bonds. The van der Waals surface area contributed by atoms with Gasteiger partial charge in [-0.25, -0.2) is 0 Å². The fourth-order valence-corrected chi connectivity index (χ4v) is 3.58. The number of thiophene rings is 1. The molecule has 0 unspecified atom stereocenters. The fourth-order valence-electron chi connectivity index (χ4n) is 1.07. The molecule has 1 nitrogen and oxygen atoms in total. The molecule has 1 aromatic carbocycles. The van der Waals surface area contributed by atoms with Gasteiger partial charge in [0, 0.05) is 19.0 Å². The fraction of sp³-hybridized carbons (Fsp3) is 0. The molecule has 1 N–H and O–H groups in total. The van der Waals surface area contributed by atoms with Gasteiger partial charge in [-0.3, -0.25) is 0 Å². The number of phenols is 1. The van der Waals surface area contributed by atoms with Gasteiger partial charge in [0.2, 0.25) is 0 Å². The van der Waals surface area contributed by atoms with Gasteiger partial charge in [-0.05, 0) is 34.7 Å². The smallest absolute Gasteiger partial charge is 0.118 e. The average Bonchev–Trinajstić information content (AvgIpc) is 2.31. The van der Waals surface area contributed by atoms with Crippen LogP contribution in [0.3, 0.4) is 0 Å². The molecule has 0 fully saturated rings. The second-order valence-electron chi connectivity index (χ2n) is 2.38. The summed E-state index contributed by atoms with van der Waals surface area (Å²) in [6.45, 7) is 0. The molecule has 4 heteroatoms. The van der Waals surface area contributed by atoms with Crippen LogP contribution in [-0.2, 0) is 0 Å². The van der Waals surface area contributed by atoms with Gasteiger partial charge in [-0.2, -0.15) is 0 Å². The number of hydrogen-bond acceptors (Lipinski definition) is 2. The van der Waals surface area contributed by atoms with Crippen LogP contribution in [0.4, 0.5) is 0 Å². The van der Waals surface area contributed by atoms with Crippen molar-refractivity contribution in [2.24, 2.45) is 0 Å². The first-order valence-electron chi connectivity index (χ1n) is 3.23. The second-order valence-corrected chi connectivity index (χ2v) is 4.86. The number of fused-ring (bicyclic) bond motifs is 1. The number of aromatic hydroxyl groups is 1. The predicted molar refractivity (Wildman–Crippen MR) is 61.2 cm³/mol. The van der Waals surface area contributed by atoms with Crippen LogP contribution in [0.5, 0.6) is 5.75 Å². The van der Waals surface area contributed by atoms with Crippen LogP contribution in [0.2, 0.25) is 5.02 Å². The molecule has 0 aliphatic rings. The molecule has 0 bridgehead atoms. The summed E-state index contributed by atoms with van der Waals surface area (Å²) >= 11 is 9.67. The molecular formula is C8H4ClIOS. The van der Waals surface area contributed by atoms with Crippen molar-refractivity contribution in [2.75, 3.05) is 0 Å². The van der Waals surface area contributed by atoms with Crippen molar-refractivity contribution in [3.63, 3.8) is 0 Å². The van der Waals surface area contributed by atoms with E-state index in [2.05, 4.69) is 22.6 Å². The first-order chi connectivity index (χ1) is 5.68. The van der Waals surface area contributed by atoms with Gasteiger partial charge < -0.3 is 5.11 Å². The van der Waals surface area contributed by atoms with E-state index >= 15 is 0 Å². The number of halogens is 2. The quantitative estimate of drug-likeness (QED) is 0.733. The molecule has 0 saturated carbocycles. The Labute approximate surface area is 92.1 Å². The Morgan fingerprint density at radius 3 is 2.92 bits per heavy atom. The van der Waals surface area contributed by atoms with Gasteiger partial charge >= 0.3 is 0 Å². The van der Waals surface area contributed by atoms with Crippen molar-refractivity contribution in [3.05, 3.63) is 26.1 Å². The van der Waals surface area contributed by atoms with Crippen LogP contribution in [0.25, 0.3) is 10.1 Å². The third-order valence-electron chi connectivity index (χ3n) is 1.57. The van der Waals surface area contributed by atoms with Gasteiger partial charge in [0.05, 0.1) is 5.02 Å². The van der Waals surface area contributed by atoms with E-state index in [0.717, 1.165) is 18.7 Å². The molecule has 2 aromatic rings. The van der Waals surface area contributed by atoms with Crippen molar-refractivity contribution >= 4 is 55.6 Å². The minimum Gasteiger partial charge on any atom is -0.508 e. The molecule has 0 atom stereocenters. The molecule has 0 spiro atoms. The Morgan fingerprint density at radius 2 is 2.17 bits per heavy atom. The molecule has 0 saturated heterocycles. The van der Waals surface area contributed by atoms with E-state index in [1.165, 1.54) is 0 Å². The lowest BCUT2D eigenvalue weighted by Crippen LogP contribution is -1.72. The molecular weight excluding hydrogens is 307 g/mol. The van der Waals surface area contributed by atoms with Gasteiger partial charge in [-0.15, -0.1) is 11.3 Å². The first kappa shape index (κ1) is 8.59.